The molecule has 0 radical (unpaired) electrons. The molecule has 1 rings (SSSR count). The highest BCUT2D eigenvalue weighted by molar-refractivity contribution is 5.99. The smallest absolute Gasteiger partial charge is 0.354 e. The van der Waals surface area contributed by atoms with Crippen molar-refractivity contribution in [2.75, 3.05) is 45.6 Å². The van der Waals surface area contributed by atoms with Gasteiger partial charge in [-0.25, -0.2) is 9.59 Å². The third-order valence-corrected chi connectivity index (χ3v) is 2.84. The lowest BCUT2D eigenvalue weighted by atomic mass is 10.2. The minimum atomic E-state index is -0.691. The second-order valence-electron chi connectivity index (χ2n) is 4.48. The van der Waals surface area contributed by atoms with E-state index in [-0.39, 0.29) is 5.70 Å². The van der Waals surface area contributed by atoms with E-state index in [9.17, 15) is 9.59 Å². The molecule has 0 amide bonds. The standard InChI is InChI=1S/C15H20N2O5/c1-17(2)10-6-7-11(13(8-10)20-3)16-12(15(19)22-5)9-14(18)21-4/h6-9,16H,1-5H3/b12-9+. The molecule has 7 nitrogen and oxygen atoms in total. The van der Waals surface area contributed by atoms with Gasteiger partial charge < -0.3 is 24.4 Å². The number of hydrogen-bond donors (Lipinski definition) is 1. The summed E-state index contributed by atoms with van der Waals surface area (Å²) in [6.45, 7) is 0. The predicted octanol–water partition coefficient (Wildman–Crippen LogP) is 1.40. The molecule has 0 fully saturated rings. The van der Waals surface area contributed by atoms with Gasteiger partial charge in [0.15, 0.2) is 0 Å². The van der Waals surface area contributed by atoms with Gasteiger partial charge in [0.25, 0.3) is 0 Å². The van der Waals surface area contributed by atoms with Crippen LogP contribution in [-0.2, 0) is 19.1 Å². The first-order valence-electron chi connectivity index (χ1n) is 6.43. The Labute approximate surface area is 129 Å². The Morgan fingerprint density at radius 1 is 1.14 bits per heavy atom. The summed E-state index contributed by atoms with van der Waals surface area (Å²) in [6.07, 6.45) is 1.02. The molecule has 7 heteroatoms. The highest BCUT2D eigenvalue weighted by atomic mass is 16.5. The number of methoxy groups -OCH3 is 3. The minimum absolute atomic E-state index is 0.0507. The topological polar surface area (TPSA) is 77.1 Å². The second-order valence-corrected chi connectivity index (χ2v) is 4.48. The molecule has 0 aliphatic rings. The molecule has 0 heterocycles. The average Bonchev–Trinajstić information content (AvgIpc) is 2.53. The van der Waals surface area contributed by atoms with Crippen LogP contribution in [0.15, 0.2) is 30.0 Å². The molecule has 0 saturated carbocycles. The fraction of sp³-hybridized carbons (Fsp3) is 0.333. The van der Waals surface area contributed by atoms with Crippen LogP contribution in [-0.4, -0.2) is 47.4 Å². The number of carbonyl (C=O) groups excluding carboxylic acids is 2. The summed E-state index contributed by atoms with van der Waals surface area (Å²) in [5, 5.41) is 2.82. The van der Waals surface area contributed by atoms with E-state index in [2.05, 4.69) is 14.8 Å². The zero-order chi connectivity index (χ0) is 16.7. The van der Waals surface area contributed by atoms with Gasteiger partial charge in [0.05, 0.1) is 33.1 Å². The minimum Gasteiger partial charge on any atom is -0.494 e. The average molecular weight is 308 g/mol. The van der Waals surface area contributed by atoms with Crippen LogP contribution in [0.2, 0.25) is 0 Å². The van der Waals surface area contributed by atoms with Gasteiger partial charge in [-0.3, -0.25) is 0 Å². The van der Waals surface area contributed by atoms with Gasteiger partial charge in [0.2, 0.25) is 0 Å². The van der Waals surface area contributed by atoms with Crippen LogP contribution in [0, 0.1) is 0 Å². The van der Waals surface area contributed by atoms with E-state index >= 15 is 0 Å². The van der Waals surface area contributed by atoms with E-state index in [1.54, 1.807) is 12.1 Å². The van der Waals surface area contributed by atoms with Gasteiger partial charge in [-0.2, -0.15) is 0 Å². The molecular weight excluding hydrogens is 288 g/mol. The lowest BCUT2D eigenvalue weighted by Crippen LogP contribution is -2.16. The normalized spacial score (nSPS) is 10.7. The fourth-order valence-corrected chi connectivity index (χ4v) is 1.64. The maximum absolute atomic E-state index is 11.7. The molecule has 0 aliphatic carbocycles. The number of hydrogen-bond acceptors (Lipinski definition) is 7. The Morgan fingerprint density at radius 2 is 1.82 bits per heavy atom. The summed E-state index contributed by atoms with van der Waals surface area (Å²) in [4.78, 5) is 25.0. The monoisotopic (exact) mass is 308 g/mol. The highest BCUT2D eigenvalue weighted by Crippen LogP contribution is 2.30. The van der Waals surface area contributed by atoms with E-state index in [0.29, 0.717) is 11.4 Å². The van der Waals surface area contributed by atoms with Gasteiger partial charge in [-0.05, 0) is 12.1 Å². The molecule has 0 aromatic heterocycles. The van der Waals surface area contributed by atoms with Crippen molar-refractivity contribution >= 4 is 23.3 Å². The van der Waals surface area contributed by atoms with Crippen molar-refractivity contribution in [3.63, 3.8) is 0 Å². The number of benzene rings is 1. The van der Waals surface area contributed by atoms with Crippen molar-refractivity contribution < 1.29 is 23.8 Å². The molecule has 1 aromatic rings. The first-order valence-corrected chi connectivity index (χ1v) is 6.43. The predicted molar refractivity (Wildman–Crippen MR) is 83.1 cm³/mol. The molecule has 0 aliphatic heterocycles. The van der Waals surface area contributed by atoms with Crippen LogP contribution in [0.4, 0.5) is 11.4 Å². The van der Waals surface area contributed by atoms with E-state index in [1.165, 1.54) is 21.3 Å². The molecule has 0 atom stereocenters. The van der Waals surface area contributed by atoms with Gasteiger partial charge >= 0.3 is 11.9 Å². The van der Waals surface area contributed by atoms with Crippen LogP contribution in [0.5, 0.6) is 5.75 Å². The van der Waals surface area contributed by atoms with Crippen molar-refractivity contribution in [1.29, 1.82) is 0 Å². The molecule has 22 heavy (non-hydrogen) atoms. The number of rotatable bonds is 6. The Bertz CT molecular complexity index is 581. The Kier molecular flexibility index (Phi) is 6.25. The molecule has 0 saturated heterocycles. The van der Waals surface area contributed by atoms with E-state index in [4.69, 9.17) is 4.74 Å². The first kappa shape index (κ1) is 17.4. The van der Waals surface area contributed by atoms with Crippen LogP contribution < -0.4 is 15.0 Å². The maximum Gasteiger partial charge on any atom is 0.354 e. The van der Waals surface area contributed by atoms with Gasteiger partial charge in [0.1, 0.15) is 11.4 Å². The van der Waals surface area contributed by atoms with Crippen molar-refractivity contribution in [3.05, 3.63) is 30.0 Å². The number of nitrogens with zero attached hydrogens (tertiary/aromatic N) is 1. The van der Waals surface area contributed by atoms with E-state index < -0.39 is 11.9 Å². The molecule has 0 spiro atoms. The van der Waals surface area contributed by atoms with Crippen molar-refractivity contribution in [1.82, 2.24) is 0 Å². The summed E-state index contributed by atoms with van der Waals surface area (Å²) >= 11 is 0. The lowest BCUT2D eigenvalue weighted by molar-refractivity contribution is -0.138. The Balaban J connectivity index is 3.15. The van der Waals surface area contributed by atoms with E-state index in [1.807, 2.05) is 25.1 Å². The number of ether oxygens (including phenoxy) is 3. The SMILES string of the molecule is COC(=O)/C=C(/Nc1ccc(N(C)C)cc1OC)C(=O)OC. The molecular formula is C15H20N2O5. The Hall–Kier alpha value is -2.70. The van der Waals surface area contributed by atoms with E-state index in [0.717, 1.165) is 11.8 Å². The maximum atomic E-state index is 11.7. The molecule has 120 valence electrons. The van der Waals surface area contributed by atoms with Crippen molar-refractivity contribution in [2.45, 2.75) is 0 Å². The highest BCUT2D eigenvalue weighted by Gasteiger charge is 2.15. The Morgan fingerprint density at radius 3 is 2.32 bits per heavy atom. The van der Waals surface area contributed by atoms with Gasteiger partial charge in [-0.15, -0.1) is 0 Å². The number of esters is 2. The number of carbonyl (C=O) groups is 2. The second kappa shape index (κ2) is 7.92. The fourth-order valence-electron chi connectivity index (χ4n) is 1.64. The molecule has 0 unspecified atom stereocenters. The zero-order valence-corrected chi connectivity index (χ0v) is 13.3. The summed E-state index contributed by atoms with van der Waals surface area (Å²) in [5.74, 6) is -0.841. The molecule has 1 N–H and O–H groups in total. The third kappa shape index (κ3) is 4.41. The summed E-state index contributed by atoms with van der Waals surface area (Å²) in [6, 6.07) is 5.38. The van der Waals surface area contributed by atoms with Crippen molar-refractivity contribution in [2.24, 2.45) is 0 Å². The van der Waals surface area contributed by atoms with Gasteiger partial charge in [-0.1, -0.05) is 0 Å². The van der Waals surface area contributed by atoms with Crippen LogP contribution in [0.3, 0.4) is 0 Å². The van der Waals surface area contributed by atoms with Crippen LogP contribution in [0.1, 0.15) is 0 Å². The lowest BCUT2D eigenvalue weighted by Gasteiger charge is -2.17. The number of anilines is 2. The first-order chi connectivity index (χ1) is 10.4. The summed E-state index contributed by atoms with van der Waals surface area (Å²) in [7, 11) is 7.77. The number of nitrogens with one attached hydrogen (secondary N) is 1. The summed E-state index contributed by atoms with van der Waals surface area (Å²) < 4.78 is 14.5. The zero-order valence-electron chi connectivity index (χ0n) is 13.3. The van der Waals surface area contributed by atoms with Crippen molar-refractivity contribution in [3.8, 4) is 5.75 Å². The third-order valence-electron chi connectivity index (χ3n) is 2.84. The molecule has 1 aromatic carbocycles. The van der Waals surface area contributed by atoms with Crippen LogP contribution in [0.25, 0.3) is 0 Å². The summed E-state index contributed by atoms with van der Waals surface area (Å²) in [5.41, 5.74) is 1.40. The largest absolute Gasteiger partial charge is 0.494 e. The quantitative estimate of drug-likeness (QED) is 0.629. The molecule has 0 bridgehead atoms. The van der Waals surface area contributed by atoms with Crippen LogP contribution >= 0.6 is 0 Å². The van der Waals surface area contributed by atoms with Gasteiger partial charge in [0, 0.05) is 25.8 Å².